The van der Waals surface area contributed by atoms with Gasteiger partial charge in [0.25, 0.3) is 5.91 Å². The maximum atomic E-state index is 12.5. The number of hydrogen-bond donors (Lipinski definition) is 2. The number of aliphatic hydroxyl groups is 2. The molecule has 26 heavy (non-hydrogen) atoms. The standard InChI is InChI=1S/C20H29NO5/c1-3-10-20(14-22)13-21(11-9-18(20)24)19(25)12-26-16-7-5-15(6-8-16)17(23)4-2/h5-8,18,22,24H,3-4,9-14H2,1-2H3/t18-,20+/m1/s1. The molecule has 1 aliphatic rings. The lowest BCUT2D eigenvalue weighted by Crippen LogP contribution is -2.56. The van der Waals surface area contributed by atoms with Crippen molar-refractivity contribution in [3.05, 3.63) is 29.8 Å². The van der Waals surface area contributed by atoms with Crippen LogP contribution in [-0.4, -0.2) is 59.2 Å². The highest BCUT2D eigenvalue weighted by Crippen LogP contribution is 2.34. The number of amides is 1. The van der Waals surface area contributed by atoms with E-state index in [1.165, 1.54) is 0 Å². The van der Waals surface area contributed by atoms with Gasteiger partial charge in [-0.3, -0.25) is 9.59 Å². The Labute approximate surface area is 154 Å². The summed E-state index contributed by atoms with van der Waals surface area (Å²) in [5, 5.41) is 20.1. The third kappa shape index (κ3) is 4.62. The van der Waals surface area contributed by atoms with E-state index in [1.54, 1.807) is 29.2 Å². The van der Waals surface area contributed by atoms with Gasteiger partial charge < -0.3 is 19.8 Å². The molecule has 1 aromatic carbocycles. The van der Waals surface area contributed by atoms with Crippen molar-refractivity contribution in [2.45, 2.75) is 45.6 Å². The molecule has 1 aromatic rings. The van der Waals surface area contributed by atoms with Crippen molar-refractivity contribution in [2.75, 3.05) is 26.3 Å². The largest absolute Gasteiger partial charge is 0.484 e. The highest BCUT2D eigenvalue weighted by Gasteiger charge is 2.42. The van der Waals surface area contributed by atoms with Crippen molar-refractivity contribution in [1.29, 1.82) is 0 Å². The van der Waals surface area contributed by atoms with Crippen LogP contribution in [-0.2, 0) is 4.79 Å². The van der Waals surface area contributed by atoms with Gasteiger partial charge in [-0.15, -0.1) is 0 Å². The summed E-state index contributed by atoms with van der Waals surface area (Å²) in [6.45, 7) is 4.36. The smallest absolute Gasteiger partial charge is 0.260 e. The van der Waals surface area contributed by atoms with E-state index in [0.29, 0.717) is 43.7 Å². The molecule has 1 aliphatic heterocycles. The topological polar surface area (TPSA) is 87.1 Å². The van der Waals surface area contributed by atoms with Crippen LogP contribution in [0.25, 0.3) is 0 Å². The molecule has 1 fully saturated rings. The predicted molar refractivity (Wildman–Crippen MR) is 98.2 cm³/mol. The molecule has 0 spiro atoms. The Hall–Kier alpha value is -1.92. The molecule has 0 bridgehead atoms. The Balaban J connectivity index is 1.94. The predicted octanol–water partition coefficient (Wildman–Crippen LogP) is 2.03. The first-order valence-electron chi connectivity index (χ1n) is 9.28. The molecule has 144 valence electrons. The second-order valence-electron chi connectivity index (χ2n) is 6.98. The van der Waals surface area contributed by atoms with Crippen molar-refractivity contribution in [3.63, 3.8) is 0 Å². The Morgan fingerprint density at radius 1 is 1.27 bits per heavy atom. The van der Waals surface area contributed by atoms with Crippen LogP contribution < -0.4 is 4.74 Å². The Kier molecular flexibility index (Phi) is 7.17. The minimum atomic E-state index is -0.648. The van der Waals surface area contributed by atoms with Gasteiger partial charge in [-0.1, -0.05) is 20.3 Å². The number of ether oxygens (including phenoxy) is 1. The van der Waals surface area contributed by atoms with Crippen LogP contribution in [0.4, 0.5) is 0 Å². The quantitative estimate of drug-likeness (QED) is 0.690. The van der Waals surface area contributed by atoms with Crippen LogP contribution >= 0.6 is 0 Å². The summed E-state index contributed by atoms with van der Waals surface area (Å²) >= 11 is 0. The van der Waals surface area contributed by atoms with Gasteiger partial charge in [0.2, 0.25) is 0 Å². The molecule has 2 rings (SSSR count). The molecule has 0 unspecified atom stereocenters. The SMILES string of the molecule is CCC[C@@]1(CO)CN(C(=O)COc2ccc(C(=O)CC)cc2)CC[C@H]1O. The van der Waals surface area contributed by atoms with Gasteiger partial charge in [0.05, 0.1) is 12.7 Å². The first kappa shape index (κ1) is 20.4. The van der Waals surface area contributed by atoms with Gasteiger partial charge in [0.1, 0.15) is 5.75 Å². The highest BCUT2D eigenvalue weighted by atomic mass is 16.5. The van der Waals surface area contributed by atoms with Crippen molar-refractivity contribution in [1.82, 2.24) is 4.90 Å². The van der Waals surface area contributed by atoms with Crippen molar-refractivity contribution in [3.8, 4) is 5.75 Å². The Morgan fingerprint density at radius 3 is 2.54 bits per heavy atom. The van der Waals surface area contributed by atoms with E-state index in [-0.39, 0.29) is 24.9 Å². The fraction of sp³-hybridized carbons (Fsp3) is 0.600. The Morgan fingerprint density at radius 2 is 1.96 bits per heavy atom. The molecule has 0 aromatic heterocycles. The number of hydrogen-bond acceptors (Lipinski definition) is 5. The van der Waals surface area contributed by atoms with E-state index < -0.39 is 11.5 Å². The number of Topliss-reactive ketones (excluding diaryl/α,β-unsaturated/α-hetero) is 1. The van der Waals surface area contributed by atoms with E-state index in [9.17, 15) is 19.8 Å². The third-order valence-electron chi connectivity index (χ3n) is 5.16. The molecule has 1 saturated heterocycles. The maximum Gasteiger partial charge on any atom is 0.260 e. The van der Waals surface area contributed by atoms with Gasteiger partial charge in [0.15, 0.2) is 12.4 Å². The number of carbonyl (C=O) groups is 2. The van der Waals surface area contributed by atoms with Gasteiger partial charge in [-0.05, 0) is 37.1 Å². The summed E-state index contributed by atoms with van der Waals surface area (Å²) in [4.78, 5) is 25.8. The summed E-state index contributed by atoms with van der Waals surface area (Å²) in [5.41, 5.74) is -0.0198. The summed E-state index contributed by atoms with van der Waals surface area (Å²) in [6, 6.07) is 6.76. The fourth-order valence-corrected chi connectivity index (χ4v) is 3.52. The van der Waals surface area contributed by atoms with Crippen molar-refractivity contribution < 1.29 is 24.5 Å². The molecular formula is C20H29NO5. The van der Waals surface area contributed by atoms with Crippen LogP contribution in [0.15, 0.2) is 24.3 Å². The third-order valence-corrected chi connectivity index (χ3v) is 5.16. The number of ketones is 1. The molecule has 6 heteroatoms. The van der Waals surface area contributed by atoms with Crippen LogP contribution in [0.1, 0.15) is 49.9 Å². The number of carbonyl (C=O) groups excluding carboxylic acids is 2. The fourth-order valence-electron chi connectivity index (χ4n) is 3.52. The lowest BCUT2D eigenvalue weighted by atomic mass is 9.74. The number of likely N-dealkylation sites (tertiary alicyclic amines) is 1. The first-order chi connectivity index (χ1) is 12.5. The van der Waals surface area contributed by atoms with Crippen molar-refractivity contribution in [2.24, 2.45) is 5.41 Å². The average Bonchev–Trinajstić information content (AvgIpc) is 2.67. The zero-order valence-electron chi connectivity index (χ0n) is 15.6. The van der Waals surface area contributed by atoms with E-state index in [2.05, 4.69) is 0 Å². The van der Waals surface area contributed by atoms with Crippen LogP contribution in [0, 0.1) is 5.41 Å². The maximum absolute atomic E-state index is 12.5. The number of piperidine rings is 1. The minimum absolute atomic E-state index is 0.0655. The van der Waals surface area contributed by atoms with Gasteiger partial charge >= 0.3 is 0 Å². The molecule has 2 atom stereocenters. The van der Waals surface area contributed by atoms with E-state index >= 15 is 0 Å². The number of nitrogens with zero attached hydrogens (tertiary/aromatic N) is 1. The molecule has 1 amide bonds. The summed E-state index contributed by atoms with van der Waals surface area (Å²) in [5.74, 6) is 0.431. The molecule has 1 heterocycles. The molecule has 6 nitrogen and oxygen atoms in total. The van der Waals surface area contributed by atoms with Gasteiger partial charge in [-0.2, -0.15) is 0 Å². The second kappa shape index (κ2) is 9.14. The van der Waals surface area contributed by atoms with Crippen molar-refractivity contribution >= 4 is 11.7 Å². The second-order valence-corrected chi connectivity index (χ2v) is 6.98. The zero-order valence-corrected chi connectivity index (χ0v) is 15.6. The number of rotatable bonds is 8. The average molecular weight is 363 g/mol. The van der Waals surface area contributed by atoms with E-state index in [0.717, 1.165) is 6.42 Å². The van der Waals surface area contributed by atoms with Crippen LogP contribution in [0.2, 0.25) is 0 Å². The molecule has 2 N–H and O–H groups in total. The highest BCUT2D eigenvalue weighted by molar-refractivity contribution is 5.95. The lowest BCUT2D eigenvalue weighted by Gasteiger charge is -2.45. The van der Waals surface area contributed by atoms with Crippen LogP contribution in [0.3, 0.4) is 0 Å². The lowest BCUT2D eigenvalue weighted by molar-refractivity contribution is -0.144. The summed E-state index contributed by atoms with van der Waals surface area (Å²) < 4.78 is 5.55. The summed E-state index contributed by atoms with van der Waals surface area (Å²) in [7, 11) is 0. The van der Waals surface area contributed by atoms with E-state index in [1.807, 2.05) is 13.8 Å². The molecule has 0 saturated carbocycles. The van der Waals surface area contributed by atoms with E-state index in [4.69, 9.17) is 4.74 Å². The number of benzene rings is 1. The van der Waals surface area contributed by atoms with Gasteiger partial charge in [-0.25, -0.2) is 0 Å². The Bertz CT molecular complexity index is 615. The number of aliphatic hydroxyl groups excluding tert-OH is 2. The monoisotopic (exact) mass is 363 g/mol. The normalized spacial score (nSPS) is 22.9. The first-order valence-corrected chi connectivity index (χ1v) is 9.28. The molecular weight excluding hydrogens is 334 g/mol. The van der Waals surface area contributed by atoms with Crippen LogP contribution in [0.5, 0.6) is 5.75 Å². The minimum Gasteiger partial charge on any atom is -0.484 e. The molecule has 0 aliphatic carbocycles. The zero-order chi connectivity index (χ0) is 19.2. The van der Waals surface area contributed by atoms with Gasteiger partial charge in [0, 0.05) is 30.5 Å². The summed E-state index contributed by atoms with van der Waals surface area (Å²) in [6.07, 6.45) is 1.81. The molecule has 0 radical (unpaired) electrons.